The second-order valence-corrected chi connectivity index (χ2v) is 4.61. The van der Waals surface area contributed by atoms with E-state index in [0.717, 1.165) is 23.6 Å². The van der Waals surface area contributed by atoms with Crippen LogP contribution in [-0.2, 0) is 6.54 Å². The Hall–Kier alpha value is -1.51. The quantitative estimate of drug-likeness (QED) is 0.892. The second-order valence-electron chi connectivity index (χ2n) is 4.20. The first-order valence-corrected chi connectivity index (χ1v) is 6.24. The molecule has 2 aromatic carbocycles. The van der Waals surface area contributed by atoms with Crippen molar-refractivity contribution in [2.75, 3.05) is 7.05 Å². The summed E-state index contributed by atoms with van der Waals surface area (Å²) in [6.07, 6.45) is 0. The summed E-state index contributed by atoms with van der Waals surface area (Å²) in [4.78, 5) is 0. The zero-order valence-electron chi connectivity index (χ0n) is 10.5. The molecule has 0 heterocycles. The number of halogens is 1. The number of nitrogens with one attached hydrogen (secondary N) is 1. The molecule has 3 heteroatoms. The van der Waals surface area contributed by atoms with Crippen LogP contribution in [0.15, 0.2) is 42.5 Å². The summed E-state index contributed by atoms with van der Waals surface area (Å²) in [5.41, 5.74) is 2.28. The molecule has 0 aliphatic carbocycles. The van der Waals surface area contributed by atoms with Crippen LogP contribution in [0.5, 0.6) is 11.5 Å². The van der Waals surface area contributed by atoms with Crippen molar-refractivity contribution in [1.29, 1.82) is 0 Å². The molecule has 1 N–H and O–H groups in total. The SMILES string of the molecule is CNCc1ccc(Oc2ccc(C)cc2)cc1Cl. The smallest absolute Gasteiger partial charge is 0.128 e. The molecule has 0 aliphatic heterocycles. The molecule has 18 heavy (non-hydrogen) atoms. The molecular weight excluding hydrogens is 246 g/mol. The van der Waals surface area contributed by atoms with E-state index in [2.05, 4.69) is 5.32 Å². The molecule has 0 saturated heterocycles. The first-order valence-electron chi connectivity index (χ1n) is 5.86. The van der Waals surface area contributed by atoms with E-state index in [1.807, 2.05) is 56.4 Å². The van der Waals surface area contributed by atoms with Gasteiger partial charge in [0.25, 0.3) is 0 Å². The molecule has 0 fully saturated rings. The van der Waals surface area contributed by atoms with E-state index in [-0.39, 0.29) is 0 Å². The largest absolute Gasteiger partial charge is 0.457 e. The van der Waals surface area contributed by atoms with Gasteiger partial charge in [0.2, 0.25) is 0 Å². The second kappa shape index (κ2) is 5.89. The molecule has 2 rings (SSSR count). The number of ether oxygens (including phenoxy) is 1. The molecule has 2 nitrogen and oxygen atoms in total. The van der Waals surface area contributed by atoms with Gasteiger partial charge in [0.15, 0.2) is 0 Å². The lowest BCUT2D eigenvalue weighted by atomic mass is 10.2. The highest BCUT2D eigenvalue weighted by atomic mass is 35.5. The highest BCUT2D eigenvalue weighted by molar-refractivity contribution is 6.31. The summed E-state index contributed by atoms with van der Waals surface area (Å²) in [7, 11) is 1.90. The molecule has 0 amide bonds. The molecule has 0 radical (unpaired) electrons. The van der Waals surface area contributed by atoms with Crippen molar-refractivity contribution in [2.45, 2.75) is 13.5 Å². The Morgan fingerprint density at radius 3 is 2.33 bits per heavy atom. The Bertz CT molecular complexity index is 523. The van der Waals surface area contributed by atoms with Gasteiger partial charge in [-0.15, -0.1) is 0 Å². The van der Waals surface area contributed by atoms with Gasteiger partial charge >= 0.3 is 0 Å². The van der Waals surface area contributed by atoms with Gasteiger partial charge in [0, 0.05) is 11.6 Å². The van der Waals surface area contributed by atoms with Crippen LogP contribution < -0.4 is 10.1 Å². The summed E-state index contributed by atoms with van der Waals surface area (Å²) in [5.74, 6) is 1.57. The molecule has 2 aromatic rings. The number of benzene rings is 2. The van der Waals surface area contributed by atoms with E-state index in [1.165, 1.54) is 5.56 Å². The maximum Gasteiger partial charge on any atom is 0.128 e. The Morgan fingerprint density at radius 1 is 1.06 bits per heavy atom. The predicted octanol–water partition coefficient (Wildman–Crippen LogP) is 4.16. The lowest BCUT2D eigenvalue weighted by Gasteiger charge is -2.09. The Kier molecular flexibility index (Phi) is 4.24. The van der Waals surface area contributed by atoms with E-state index < -0.39 is 0 Å². The van der Waals surface area contributed by atoms with Gasteiger partial charge in [-0.2, -0.15) is 0 Å². The minimum Gasteiger partial charge on any atom is -0.457 e. The highest BCUT2D eigenvalue weighted by Crippen LogP contribution is 2.26. The number of hydrogen-bond acceptors (Lipinski definition) is 2. The summed E-state index contributed by atoms with van der Waals surface area (Å²) < 4.78 is 5.74. The van der Waals surface area contributed by atoms with Gasteiger partial charge in [0.05, 0.1) is 0 Å². The average molecular weight is 262 g/mol. The van der Waals surface area contributed by atoms with Gasteiger partial charge in [0.1, 0.15) is 11.5 Å². The fourth-order valence-corrected chi connectivity index (χ4v) is 1.91. The molecule has 0 spiro atoms. The van der Waals surface area contributed by atoms with Crippen molar-refractivity contribution in [3.05, 3.63) is 58.6 Å². The minimum atomic E-state index is 0.717. The van der Waals surface area contributed by atoms with Crippen LogP contribution in [-0.4, -0.2) is 7.05 Å². The van der Waals surface area contributed by atoms with Crippen LogP contribution in [0, 0.1) is 6.92 Å². The van der Waals surface area contributed by atoms with Crippen LogP contribution in [0.3, 0.4) is 0 Å². The van der Waals surface area contributed by atoms with Crippen molar-refractivity contribution in [3.63, 3.8) is 0 Å². The Morgan fingerprint density at radius 2 is 1.72 bits per heavy atom. The van der Waals surface area contributed by atoms with Crippen molar-refractivity contribution in [3.8, 4) is 11.5 Å². The molecule has 0 bridgehead atoms. The molecule has 0 unspecified atom stereocenters. The lowest BCUT2D eigenvalue weighted by Crippen LogP contribution is -2.05. The highest BCUT2D eigenvalue weighted by Gasteiger charge is 2.03. The Labute approximate surface area is 113 Å². The lowest BCUT2D eigenvalue weighted by molar-refractivity contribution is 0.482. The monoisotopic (exact) mass is 261 g/mol. The molecule has 0 atom stereocenters. The van der Waals surface area contributed by atoms with Crippen LogP contribution in [0.1, 0.15) is 11.1 Å². The molecule has 0 aromatic heterocycles. The van der Waals surface area contributed by atoms with E-state index in [9.17, 15) is 0 Å². The van der Waals surface area contributed by atoms with Gasteiger partial charge in [-0.1, -0.05) is 35.4 Å². The first-order chi connectivity index (χ1) is 8.69. The topological polar surface area (TPSA) is 21.3 Å². The van der Waals surface area contributed by atoms with Crippen molar-refractivity contribution in [2.24, 2.45) is 0 Å². The van der Waals surface area contributed by atoms with Gasteiger partial charge in [-0.25, -0.2) is 0 Å². The predicted molar refractivity (Wildman–Crippen MR) is 75.5 cm³/mol. The van der Waals surface area contributed by atoms with Gasteiger partial charge < -0.3 is 10.1 Å². The molecule has 0 aliphatic rings. The number of rotatable bonds is 4. The molecule has 0 saturated carbocycles. The van der Waals surface area contributed by atoms with Crippen LogP contribution in [0.2, 0.25) is 5.02 Å². The van der Waals surface area contributed by atoms with Crippen molar-refractivity contribution >= 4 is 11.6 Å². The third-order valence-corrected chi connectivity index (χ3v) is 3.00. The first kappa shape index (κ1) is 12.9. The zero-order valence-corrected chi connectivity index (χ0v) is 11.3. The standard InChI is InChI=1S/C15H16ClNO/c1-11-3-6-13(7-4-11)18-14-8-5-12(10-17-2)15(16)9-14/h3-9,17H,10H2,1-2H3. The maximum atomic E-state index is 6.18. The van der Waals surface area contributed by atoms with E-state index in [4.69, 9.17) is 16.3 Å². The molecule has 94 valence electrons. The number of aryl methyl sites for hydroxylation is 1. The van der Waals surface area contributed by atoms with Crippen LogP contribution in [0.4, 0.5) is 0 Å². The van der Waals surface area contributed by atoms with E-state index in [0.29, 0.717) is 5.02 Å². The van der Waals surface area contributed by atoms with Crippen LogP contribution in [0.25, 0.3) is 0 Å². The maximum absolute atomic E-state index is 6.18. The van der Waals surface area contributed by atoms with Crippen molar-refractivity contribution in [1.82, 2.24) is 5.32 Å². The average Bonchev–Trinajstić information content (AvgIpc) is 2.36. The van der Waals surface area contributed by atoms with Gasteiger partial charge in [-0.05, 0) is 43.8 Å². The Balaban J connectivity index is 2.14. The summed E-state index contributed by atoms with van der Waals surface area (Å²) in [6, 6.07) is 13.7. The normalized spacial score (nSPS) is 10.4. The summed E-state index contributed by atoms with van der Waals surface area (Å²) in [6.45, 7) is 2.80. The summed E-state index contributed by atoms with van der Waals surface area (Å²) >= 11 is 6.18. The van der Waals surface area contributed by atoms with E-state index >= 15 is 0 Å². The van der Waals surface area contributed by atoms with E-state index in [1.54, 1.807) is 0 Å². The third-order valence-electron chi connectivity index (χ3n) is 2.65. The minimum absolute atomic E-state index is 0.717. The number of hydrogen-bond donors (Lipinski definition) is 1. The zero-order chi connectivity index (χ0) is 13.0. The fourth-order valence-electron chi connectivity index (χ4n) is 1.67. The third kappa shape index (κ3) is 3.25. The van der Waals surface area contributed by atoms with Crippen molar-refractivity contribution < 1.29 is 4.74 Å². The summed E-state index contributed by atoms with van der Waals surface area (Å²) in [5, 5.41) is 3.79. The molecular formula is C15H16ClNO. The van der Waals surface area contributed by atoms with Gasteiger partial charge in [-0.3, -0.25) is 0 Å². The fraction of sp³-hybridized carbons (Fsp3) is 0.200. The van der Waals surface area contributed by atoms with Crippen LogP contribution >= 0.6 is 11.6 Å².